The molecule has 0 aromatic rings. The molecule has 2 bridgehead atoms. The van der Waals surface area contributed by atoms with Crippen molar-refractivity contribution in [3.63, 3.8) is 0 Å². The molecule has 0 amide bonds. The van der Waals surface area contributed by atoms with E-state index in [1.807, 2.05) is 0 Å². The molecule has 2 saturated carbocycles. The lowest BCUT2D eigenvalue weighted by Gasteiger charge is -2.30. The monoisotopic (exact) mass is 368 g/mol. The second-order valence-corrected chi connectivity index (χ2v) is 9.69. The normalized spacial score (nSPS) is 29.5. The van der Waals surface area contributed by atoms with Gasteiger partial charge in [0.1, 0.15) is 0 Å². The van der Waals surface area contributed by atoms with E-state index in [2.05, 4.69) is 19.1 Å². The summed E-state index contributed by atoms with van der Waals surface area (Å²) in [5.74, 6) is 4.41. The van der Waals surface area contributed by atoms with Crippen molar-refractivity contribution in [2.45, 2.75) is 77.6 Å². The van der Waals surface area contributed by atoms with Crippen LogP contribution >= 0.6 is 0 Å². The Morgan fingerprint density at radius 1 is 1.08 bits per heavy atom. The zero-order chi connectivity index (χ0) is 18.1. The van der Waals surface area contributed by atoms with Crippen molar-refractivity contribution in [2.75, 3.05) is 11.5 Å². The molecule has 0 saturated heterocycles. The molecule has 2 rings (SSSR count). The van der Waals surface area contributed by atoms with Crippen LogP contribution in [0.15, 0.2) is 12.2 Å². The number of fused-ring (bicyclic) bond motifs is 2. The van der Waals surface area contributed by atoms with E-state index in [0.717, 1.165) is 67.3 Å². The topological polar surface area (TPSA) is 54.4 Å². The minimum atomic E-state index is -0.700. The van der Waals surface area contributed by atoms with Crippen LogP contribution in [0.1, 0.15) is 77.6 Å². The maximum absolute atomic E-state index is 12.2. The Labute approximate surface area is 156 Å². The van der Waals surface area contributed by atoms with E-state index in [9.17, 15) is 9.00 Å². The predicted octanol–water partition coefficient (Wildman–Crippen LogP) is 5.18. The van der Waals surface area contributed by atoms with Gasteiger partial charge < -0.3 is 5.11 Å². The van der Waals surface area contributed by atoms with Gasteiger partial charge in [0.15, 0.2) is 0 Å². The molecule has 2 fully saturated rings. The Morgan fingerprint density at radius 2 is 1.84 bits per heavy atom. The van der Waals surface area contributed by atoms with Gasteiger partial charge in [-0.2, -0.15) is 0 Å². The summed E-state index contributed by atoms with van der Waals surface area (Å²) >= 11 is 0. The molecule has 2 aliphatic rings. The number of carboxylic acids is 1. The van der Waals surface area contributed by atoms with Crippen LogP contribution in [0.25, 0.3) is 0 Å². The zero-order valence-corrected chi connectivity index (χ0v) is 16.6. The van der Waals surface area contributed by atoms with Crippen LogP contribution in [-0.2, 0) is 15.6 Å². The standard InChI is InChI=1S/C21H36O3S/c1-2-3-8-14-25(24)15-13-20-18-12-11-17(16-18)19(20)9-6-4-5-7-10-21(22)23/h4,6,17-20H,2-3,5,7-16H2,1H3,(H,22,23)/t17-,18+,19-,20+,25?/m0/s1. The Bertz CT molecular complexity index is 460. The average Bonchev–Trinajstić information content (AvgIpc) is 3.17. The fraction of sp³-hybridized carbons (Fsp3) is 0.857. The lowest BCUT2D eigenvalue weighted by atomic mass is 9.76. The number of carboxylic acid groups (broad SMARTS) is 1. The van der Waals surface area contributed by atoms with Gasteiger partial charge in [-0.15, -0.1) is 0 Å². The maximum atomic E-state index is 12.2. The van der Waals surface area contributed by atoms with E-state index in [4.69, 9.17) is 5.11 Å². The first-order valence-corrected chi connectivity index (χ1v) is 11.8. The quantitative estimate of drug-likeness (QED) is 0.360. The van der Waals surface area contributed by atoms with E-state index in [1.54, 1.807) is 0 Å². The number of hydrogen-bond acceptors (Lipinski definition) is 2. The predicted molar refractivity (Wildman–Crippen MR) is 105 cm³/mol. The van der Waals surface area contributed by atoms with Crippen LogP contribution in [0.2, 0.25) is 0 Å². The second-order valence-electron chi connectivity index (χ2n) is 8.00. The molecule has 1 unspecified atom stereocenters. The van der Waals surface area contributed by atoms with Crippen molar-refractivity contribution >= 4 is 16.8 Å². The molecule has 144 valence electrons. The van der Waals surface area contributed by atoms with Crippen LogP contribution in [0, 0.1) is 23.7 Å². The van der Waals surface area contributed by atoms with Crippen LogP contribution in [0.3, 0.4) is 0 Å². The van der Waals surface area contributed by atoms with Crippen molar-refractivity contribution < 1.29 is 14.1 Å². The third-order valence-electron chi connectivity index (χ3n) is 6.27. The highest BCUT2D eigenvalue weighted by atomic mass is 32.2. The largest absolute Gasteiger partial charge is 0.481 e. The summed E-state index contributed by atoms with van der Waals surface area (Å²) in [7, 11) is -0.623. The molecule has 2 aliphatic carbocycles. The first-order chi connectivity index (χ1) is 12.1. The highest BCUT2D eigenvalue weighted by molar-refractivity contribution is 7.84. The third kappa shape index (κ3) is 6.88. The number of hydrogen-bond donors (Lipinski definition) is 1. The van der Waals surface area contributed by atoms with Crippen LogP contribution in [-0.4, -0.2) is 26.8 Å². The van der Waals surface area contributed by atoms with Crippen molar-refractivity contribution in [1.82, 2.24) is 0 Å². The van der Waals surface area contributed by atoms with Crippen molar-refractivity contribution in [3.8, 4) is 0 Å². The van der Waals surface area contributed by atoms with Gasteiger partial charge in [-0.25, -0.2) is 0 Å². The Morgan fingerprint density at radius 3 is 2.56 bits per heavy atom. The van der Waals surface area contributed by atoms with Crippen molar-refractivity contribution in [1.29, 1.82) is 0 Å². The smallest absolute Gasteiger partial charge is 0.303 e. The molecule has 0 radical (unpaired) electrons. The highest BCUT2D eigenvalue weighted by Gasteiger charge is 2.46. The summed E-state index contributed by atoms with van der Waals surface area (Å²) in [5.41, 5.74) is 0. The molecule has 25 heavy (non-hydrogen) atoms. The van der Waals surface area contributed by atoms with Gasteiger partial charge in [-0.3, -0.25) is 9.00 Å². The number of aliphatic carboxylic acids is 1. The van der Waals surface area contributed by atoms with Crippen molar-refractivity contribution in [2.24, 2.45) is 23.7 Å². The summed E-state index contributed by atoms with van der Waals surface area (Å²) in [5, 5.41) is 8.67. The molecule has 3 nitrogen and oxygen atoms in total. The first-order valence-electron chi connectivity index (χ1n) is 10.3. The summed E-state index contributed by atoms with van der Waals surface area (Å²) < 4.78 is 12.2. The molecule has 0 aromatic heterocycles. The van der Waals surface area contributed by atoms with Crippen LogP contribution in [0.5, 0.6) is 0 Å². The molecule has 4 heteroatoms. The minimum absolute atomic E-state index is 0.269. The maximum Gasteiger partial charge on any atom is 0.303 e. The SMILES string of the molecule is CCCCCS(=O)CC[C@@H]1[C@@H]2CC[C@@H](C2)[C@@H]1CC=CCCCC(=O)O. The molecule has 0 spiro atoms. The summed E-state index contributed by atoms with van der Waals surface area (Å²) in [6.45, 7) is 2.19. The van der Waals surface area contributed by atoms with E-state index < -0.39 is 16.8 Å². The van der Waals surface area contributed by atoms with Crippen molar-refractivity contribution in [3.05, 3.63) is 12.2 Å². The van der Waals surface area contributed by atoms with E-state index in [1.165, 1.54) is 32.1 Å². The van der Waals surface area contributed by atoms with Crippen LogP contribution in [0.4, 0.5) is 0 Å². The van der Waals surface area contributed by atoms with Gasteiger partial charge in [0.05, 0.1) is 0 Å². The molecule has 0 aromatic carbocycles. The second kappa shape index (κ2) is 11.2. The highest BCUT2D eigenvalue weighted by Crippen LogP contribution is 2.54. The van der Waals surface area contributed by atoms with Gasteiger partial charge >= 0.3 is 5.97 Å². The molecule has 0 aliphatic heterocycles. The van der Waals surface area contributed by atoms with Gasteiger partial charge in [-0.1, -0.05) is 31.9 Å². The van der Waals surface area contributed by atoms with Gasteiger partial charge in [0, 0.05) is 28.7 Å². The Hall–Kier alpha value is -0.640. The fourth-order valence-electron chi connectivity index (χ4n) is 4.97. The summed E-state index contributed by atoms with van der Waals surface area (Å²) in [6, 6.07) is 0. The first kappa shape index (κ1) is 20.7. The van der Waals surface area contributed by atoms with E-state index >= 15 is 0 Å². The molecule has 0 heterocycles. The molecular formula is C21H36O3S. The summed E-state index contributed by atoms with van der Waals surface area (Å²) in [6.07, 6.45) is 16.3. The Kier molecular flexibility index (Phi) is 9.22. The minimum Gasteiger partial charge on any atom is -0.481 e. The number of carbonyl (C=O) groups is 1. The number of unbranched alkanes of at least 4 members (excludes halogenated alkanes) is 3. The number of rotatable bonds is 13. The lowest BCUT2D eigenvalue weighted by Crippen LogP contribution is -2.24. The third-order valence-corrected chi connectivity index (χ3v) is 7.70. The van der Waals surface area contributed by atoms with Gasteiger partial charge in [-0.05, 0) is 75.0 Å². The summed E-state index contributed by atoms with van der Waals surface area (Å²) in [4.78, 5) is 10.5. The molecule has 1 N–H and O–H groups in total. The molecular weight excluding hydrogens is 332 g/mol. The van der Waals surface area contributed by atoms with Gasteiger partial charge in [0.2, 0.25) is 0 Å². The molecule has 5 atom stereocenters. The lowest BCUT2D eigenvalue weighted by molar-refractivity contribution is -0.137. The average molecular weight is 369 g/mol. The van der Waals surface area contributed by atoms with E-state index in [0.29, 0.717) is 0 Å². The van der Waals surface area contributed by atoms with Gasteiger partial charge in [0.25, 0.3) is 0 Å². The fourth-order valence-corrected chi connectivity index (χ4v) is 6.24. The number of allylic oxidation sites excluding steroid dienone is 2. The Balaban J connectivity index is 1.72. The van der Waals surface area contributed by atoms with Crippen LogP contribution < -0.4 is 0 Å². The zero-order valence-electron chi connectivity index (χ0n) is 15.8. The van der Waals surface area contributed by atoms with E-state index in [-0.39, 0.29) is 6.42 Å².